The second kappa shape index (κ2) is 13.5. The van der Waals surface area contributed by atoms with Gasteiger partial charge < -0.3 is 15.4 Å². The molecule has 2 N–H and O–H groups in total. The van der Waals surface area contributed by atoms with E-state index >= 15 is 0 Å². The average Bonchev–Trinajstić information content (AvgIpc) is 3.01. The predicted molar refractivity (Wildman–Crippen MR) is 162 cm³/mol. The van der Waals surface area contributed by atoms with Crippen molar-refractivity contribution in [1.29, 1.82) is 0 Å². The topological polar surface area (TPSA) is 102 Å². The standard InChI is InChI=1S/C32H34N4O4S/c1-40-26-11-7-10-25(18-26)34-29(37)21-41-32-35-28-13-6-5-12-27(28)31(39)36(32)20-23-14-16-24(17-15-23)30(38)33-19-22-8-3-2-4-9-22/h2-13,18,23-24H,14-17,19-21H2,1H3,(H,33,38)(H,34,37). The molecule has 1 aromatic heterocycles. The van der Waals surface area contributed by atoms with Gasteiger partial charge in [0.15, 0.2) is 5.16 Å². The van der Waals surface area contributed by atoms with E-state index < -0.39 is 0 Å². The molecule has 0 atom stereocenters. The second-order valence-corrected chi connectivity index (χ2v) is 11.3. The number of nitrogens with one attached hydrogen (secondary N) is 2. The van der Waals surface area contributed by atoms with Crippen molar-refractivity contribution in [1.82, 2.24) is 14.9 Å². The summed E-state index contributed by atoms with van der Waals surface area (Å²) in [5.74, 6) is 0.892. The normalized spacial score (nSPS) is 16.7. The summed E-state index contributed by atoms with van der Waals surface area (Å²) in [6, 6.07) is 24.4. The van der Waals surface area contributed by atoms with E-state index in [4.69, 9.17) is 9.72 Å². The number of amides is 2. The van der Waals surface area contributed by atoms with Crippen molar-refractivity contribution in [2.24, 2.45) is 11.8 Å². The van der Waals surface area contributed by atoms with Gasteiger partial charge in [0.25, 0.3) is 5.56 Å². The lowest BCUT2D eigenvalue weighted by Gasteiger charge is -2.28. The van der Waals surface area contributed by atoms with Gasteiger partial charge in [0.1, 0.15) is 5.75 Å². The van der Waals surface area contributed by atoms with E-state index in [9.17, 15) is 14.4 Å². The van der Waals surface area contributed by atoms with Crippen LogP contribution in [-0.4, -0.2) is 34.2 Å². The first-order chi connectivity index (χ1) is 20.0. The highest BCUT2D eigenvalue weighted by Gasteiger charge is 2.27. The molecule has 1 aliphatic rings. The molecule has 3 aromatic carbocycles. The lowest BCUT2D eigenvalue weighted by molar-refractivity contribution is -0.126. The maximum absolute atomic E-state index is 13.6. The molecular formula is C32H34N4O4S. The van der Waals surface area contributed by atoms with Crippen LogP contribution in [0.2, 0.25) is 0 Å². The minimum absolute atomic E-state index is 0.0180. The van der Waals surface area contributed by atoms with Crippen LogP contribution >= 0.6 is 11.8 Å². The molecule has 212 valence electrons. The zero-order valence-electron chi connectivity index (χ0n) is 23.0. The first-order valence-electron chi connectivity index (χ1n) is 13.9. The molecule has 41 heavy (non-hydrogen) atoms. The van der Waals surface area contributed by atoms with Gasteiger partial charge in [-0.25, -0.2) is 4.98 Å². The molecule has 4 aromatic rings. The number of aromatic nitrogens is 2. The van der Waals surface area contributed by atoms with Crippen molar-refractivity contribution in [2.75, 3.05) is 18.2 Å². The number of rotatable bonds is 10. The Morgan fingerprint density at radius 2 is 1.73 bits per heavy atom. The molecule has 0 radical (unpaired) electrons. The van der Waals surface area contributed by atoms with Gasteiger partial charge in [-0.2, -0.15) is 0 Å². The highest BCUT2D eigenvalue weighted by Crippen LogP contribution is 2.31. The number of thioether (sulfide) groups is 1. The molecule has 0 bridgehead atoms. The predicted octanol–water partition coefficient (Wildman–Crippen LogP) is 5.26. The summed E-state index contributed by atoms with van der Waals surface area (Å²) in [7, 11) is 1.58. The van der Waals surface area contributed by atoms with Gasteiger partial charge in [0.2, 0.25) is 11.8 Å². The van der Waals surface area contributed by atoms with Crippen molar-refractivity contribution in [3.05, 3.63) is 94.8 Å². The second-order valence-electron chi connectivity index (χ2n) is 10.3. The maximum Gasteiger partial charge on any atom is 0.262 e. The van der Waals surface area contributed by atoms with E-state index in [1.165, 1.54) is 11.8 Å². The van der Waals surface area contributed by atoms with E-state index in [1.807, 2.05) is 60.7 Å². The van der Waals surface area contributed by atoms with Crippen molar-refractivity contribution in [3.63, 3.8) is 0 Å². The summed E-state index contributed by atoms with van der Waals surface area (Å²) in [5.41, 5.74) is 2.24. The number of para-hydroxylation sites is 1. The van der Waals surface area contributed by atoms with Crippen LogP contribution in [0.3, 0.4) is 0 Å². The third-order valence-corrected chi connectivity index (χ3v) is 8.46. The third-order valence-electron chi connectivity index (χ3n) is 7.48. The average molecular weight is 571 g/mol. The van der Waals surface area contributed by atoms with Gasteiger partial charge in [-0.3, -0.25) is 19.0 Å². The van der Waals surface area contributed by atoms with Crippen molar-refractivity contribution >= 4 is 40.2 Å². The number of fused-ring (bicyclic) bond motifs is 1. The van der Waals surface area contributed by atoms with E-state index in [0.29, 0.717) is 40.6 Å². The van der Waals surface area contributed by atoms with E-state index in [2.05, 4.69) is 10.6 Å². The van der Waals surface area contributed by atoms with Crippen LogP contribution in [0.15, 0.2) is 88.8 Å². The molecule has 0 unspecified atom stereocenters. The zero-order valence-corrected chi connectivity index (χ0v) is 23.9. The third kappa shape index (κ3) is 7.35. The van der Waals surface area contributed by atoms with Crippen LogP contribution in [0.25, 0.3) is 10.9 Å². The first kappa shape index (κ1) is 28.4. The molecule has 1 fully saturated rings. The molecular weight excluding hydrogens is 536 g/mol. The number of hydrogen-bond acceptors (Lipinski definition) is 6. The van der Waals surface area contributed by atoms with Gasteiger partial charge in [-0.15, -0.1) is 0 Å². The molecule has 0 saturated heterocycles. The Hall–Kier alpha value is -4.11. The monoisotopic (exact) mass is 570 g/mol. The molecule has 2 amide bonds. The van der Waals surface area contributed by atoms with Crippen LogP contribution in [0.5, 0.6) is 5.75 Å². The van der Waals surface area contributed by atoms with E-state index in [-0.39, 0.29) is 35.0 Å². The van der Waals surface area contributed by atoms with E-state index in [0.717, 1.165) is 31.2 Å². The fourth-order valence-electron chi connectivity index (χ4n) is 5.24. The summed E-state index contributed by atoms with van der Waals surface area (Å²) >= 11 is 1.26. The number of hydrogen-bond donors (Lipinski definition) is 2. The number of benzene rings is 3. The summed E-state index contributed by atoms with van der Waals surface area (Å²) in [6.45, 7) is 1.04. The Kier molecular flexibility index (Phi) is 9.36. The van der Waals surface area contributed by atoms with Crippen molar-refractivity contribution < 1.29 is 14.3 Å². The van der Waals surface area contributed by atoms with Crippen LogP contribution in [-0.2, 0) is 22.7 Å². The quantitative estimate of drug-likeness (QED) is 0.199. The Bertz CT molecular complexity index is 1570. The molecule has 9 heteroatoms. The van der Waals surface area contributed by atoms with E-state index in [1.54, 1.807) is 29.9 Å². The Morgan fingerprint density at radius 1 is 0.976 bits per heavy atom. The Balaban J connectivity index is 1.23. The first-order valence-corrected chi connectivity index (χ1v) is 14.9. The smallest absolute Gasteiger partial charge is 0.262 e. The summed E-state index contributed by atoms with van der Waals surface area (Å²) < 4.78 is 6.95. The number of methoxy groups -OCH3 is 1. The lowest BCUT2D eigenvalue weighted by Crippen LogP contribution is -2.34. The zero-order chi connectivity index (χ0) is 28.6. The van der Waals surface area contributed by atoms with Gasteiger partial charge in [-0.1, -0.05) is 60.3 Å². The fourth-order valence-corrected chi connectivity index (χ4v) is 6.05. The Labute approximate surface area is 243 Å². The number of ether oxygens (including phenoxy) is 1. The number of carbonyl (C=O) groups excluding carboxylic acids is 2. The highest BCUT2D eigenvalue weighted by atomic mass is 32.2. The van der Waals surface area contributed by atoms with Crippen LogP contribution in [0.4, 0.5) is 5.69 Å². The lowest BCUT2D eigenvalue weighted by atomic mass is 9.81. The van der Waals surface area contributed by atoms with Gasteiger partial charge in [-0.05, 0) is 61.4 Å². The van der Waals surface area contributed by atoms with Gasteiger partial charge in [0.05, 0.1) is 23.8 Å². The molecule has 1 heterocycles. The summed E-state index contributed by atoms with van der Waals surface area (Å²) in [4.78, 5) is 43.9. The molecule has 0 spiro atoms. The minimum atomic E-state index is -0.195. The molecule has 0 aliphatic heterocycles. The van der Waals surface area contributed by atoms with Crippen LogP contribution in [0, 0.1) is 11.8 Å². The molecule has 5 rings (SSSR count). The number of carbonyl (C=O) groups is 2. The van der Waals surface area contributed by atoms with Crippen molar-refractivity contribution in [2.45, 2.75) is 43.9 Å². The minimum Gasteiger partial charge on any atom is -0.497 e. The van der Waals surface area contributed by atoms with Gasteiger partial charge in [0, 0.05) is 30.8 Å². The van der Waals surface area contributed by atoms with Crippen LogP contribution < -0.4 is 20.9 Å². The Morgan fingerprint density at radius 3 is 2.51 bits per heavy atom. The fraction of sp³-hybridized carbons (Fsp3) is 0.312. The van der Waals surface area contributed by atoms with Crippen molar-refractivity contribution in [3.8, 4) is 5.75 Å². The van der Waals surface area contributed by atoms with Crippen LogP contribution in [0.1, 0.15) is 31.2 Å². The largest absolute Gasteiger partial charge is 0.497 e. The SMILES string of the molecule is COc1cccc(NC(=O)CSc2nc3ccccc3c(=O)n2CC2CCC(C(=O)NCc3ccccc3)CC2)c1. The highest BCUT2D eigenvalue weighted by molar-refractivity contribution is 7.99. The molecule has 8 nitrogen and oxygen atoms in total. The summed E-state index contributed by atoms with van der Waals surface area (Å²) in [5, 5.41) is 7.04. The maximum atomic E-state index is 13.6. The number of anilines is 1. The molecule has 1 saturated carbocycles. The summed E-state index contributed by atoms with van der Waals surface area (Å²) in [6.07, 6.45) is 3.27. The number of nitrogens with zero attached hydrogens (tertiary/aromatic N) is 2. The molecule has 1 aliphatic carbocycles. The van der Waals surface area contributed by atoms with Gasteiger partial charge >= 0.3 is 0 Å².